The molecule has 0 fully saturated rings. The van der Waals surface area contributed by atoms with E-state index in [9.17, 15) is 4.79 Å². The van der Waals surface area contributed by atoms with Gasteiger partial charge in [0.1, 0.15) is 0 Å². The van der Waals surface area contributed by atoms with Crippen molar-refractivity contribution in [3.8, 4) is 0 Å². The molecule has 0 atom stereocenters. The molecule has 0 amide bonds. The van der Waals surface area contributed by atoms with Crippen molar-refractivity contribution >= 4 is 17.3 Å². The molecule has 0 saturated carbocycles. The van der Waals surface area contributed by atoms with Crippen LogP contribution in [0.4, 0.5) is 11.4 Å². The molecule has 0 unspecified atom stereocenters. The summed E-state index contributed by atoms with van der Waals surface area (Å²) in [5.41, 5.74) is 4.84. The van der Waals surface area contributed by atoms with Crippen molar-refractivity contribution in [2.24, 2.45) is 0 Å². The van der Waals surface area contributed by atoms with Gasteiger partial charge in [0.15, 0.2) is 0 Å². The molecule has 0 radical (unpaired) electrons. The average molecular weight is 255 g/mol. The van der Waals surface area contributed by atoms with Gasteiger partial charge in [-0.2, -0.15) is 0 Å². The van der Waals surface area contributed by atoms with E-state index in [1.807, 2.05) is 56.3 Å². The van der Waals surface area contributed by atoms with Crippen molar-refractivity contribution in [2.75, 3.05) is 5.32 Å². The zero-order valence-electron chi connectivity index (χ0n) is 11.1. The number of anilines is 2. The number of carboxylic acid groups (broad SMARTS) is 1. The van der Waals surface area contributed by atoms with Crippen molar-refractivity contribution < 1.29 is 9.90 Å². The number of nitrogens with one attached hydrogen (secondary N) is 1. The minimum absolute atomic E-state index is 0.0237. The normalized spacial score (nSPS) is 10.2. The molecule has 0 aliphatic carbocycles. The SMILES string of the molecule is Cc1ccc(Nc2ccccc2C)c(CC(=O)O)c1. The largest absolute Gasteiger partial charge is 0.481 e. The number of rotatable bonds is 4. The van der Waals surface area contributed by atoms with E-state index in [1.54, 1.807) is 0 Å². The molecular formula is C16H17NO2. The Morgan fingerprint density at radius 1 is 1.11 bits per heavy atom. The summed E-state index contributed by atoms with van der Waals surface area (Å²) < 4.78 is 0. The van der Waals surface area contributed by atoms with Crippen molar-refractivity contribution in [1.29, 1.82) is 0 Å². The quantitative estimate of drug-likeness (QED) is 0.876. The number of hydrogen-bond acceptors (Lipinski definition) is 2. The van der Waals surface area contributed by atoms with Gasteiger partial charge in [0.25, 0.3) is 0 Å². The van der Waals surface area contributed by atoms with E-state index < -0.39 is 5.97 Å². The van der Waals surface area contributed by atoms with Gasteiger partial charge < -0.3 is 10.4 Å². The van der Waals surface area contributed by atoms with Gasteiger partial charge in [-0.15, -0.1) is 0 Å². The Bertz CT molecular complexity index is 605. The van der Waals surface area contributed by atoms with Gasteiger partial charge in [-0.1, -0.05) is 35.9 Å². The second-order valence-corrected chi connectivity index (χ2v) is 4.67. The molecular weight excluding hydrogens is 238 g/mol. The molecule has 0 aliphatic heterocycles. The lowest BCUT2D eigenvalue weighted by Gasteiger charge is -2.13. The number of carbonyl (C=O) groups is 1. The van der Waals surface area contributed by atoms with E-state index in [1.165, 1.54) is 0 Å². The fourth-order valence-electron chi connectivity index (χ4n) is 2.01. The standard InChI is InChI=1S/C16H17NO2/c1-11-7-8-15(13(9-11)10-16(18)19)17-14-6-4-3-5-12(14)2/h3-9,17H,10H2,1-2H3,(H,18,19). The lowest BCUT2D eigenvalue weighted by molar-refractivity contribution is -0.136. The van der Waals surface area contributed by atoms with Crippen LogP contribution < -0.4 is 5.32 Å². The zero-order chi connectivity index (χ0) is 13.8. The highest BCUT2D eigenvalue weighted by atomic mass is 16.4. The van der Waals surface area contributed by atoms with Gasteiger partial charge in [0.2, 0.25) is 0 Å². The summed E-state index contributed by atoms with van der Waals surface area (Å²) in [5.74, 6) is -0.821. The molecule has 0 spiro atoms. The zero-order valence-corrected chi connectivity index (χ0v) is 11.1. The highest BCUT2D eigenvalue weighted by Crippen LogP contribution is 2.24. The predicted octanol–water partition coefficient (Wildman–Crippen LogP) is 3.67. The molecule has 0 saturated heterocycles. The Morgan fingerprint density at radius 3 is 2.53 bits per heavy atom. The molecule has 2 rings (SSSR count). The van der Waals surface area contributed by atoms with Crippen LogP contribution >= 0.6 is 0 Å². The number of aryl methyl sites for hydroxylation is 2. The first-order valence-corrected chi connectivity index (χ1v) is 6.20. The van der Waals surface area contributed by atoms with Crippen LogP contribution in [0.15, 0.2) is 42.5 Å². The second kappa shape index (κ2) is 5.57. The van der Waals surface area contributed by atoms with Gasteiger partial charge in [-0.3, -0.25) is 4.79 Å². The summed E-state index contributed by atoms with van der Waals surface area (Å²) in [5, 5.41) is 12.3. The first-order chi connectivity index (χ1) is 9.06. The Hall–Kier alpha value is -2.29. The first kappa shape index (κ1) is 13.1. The third-order valence-corrected chi connectivity index (χ3v) is 3.02. The van der Waals surface area contributed by atoms with Crippen molar-refractivity contribution in [3.05, 3.63) is 59.2 Å². The van der Waals surface area contributed by atoms with Crippen LogP contribution in [-0.2, 0) is 11.2 Å². The third kappa shape index (κ3) is 3.35. The van der Waals surface area contributed by atoms with Gasteiger partial charge in [0, 0.05) is 11.4 Å². The molecule has 3 heteroatoms. The number of benzene rings is 2. The summed E-state index contributed by atoms with van der Waals surface area (Å²) >= 11 is 0. The molecule has 0 heterocycles. The van der Waals surface area contributed by atoms with Crippen LogP contribution in [0.3, 0.4) is 0 Å². The molecule has 98 valence electrons. The van der Waals surface area contributed by atoms with Gasteiger partial charge in [-0.25, -0.2) is 0 Å². The van der Waals surface area contributed by atoms with E-state index >= 15 is 0 Å². The maximum Gasteiger partial charge on any atom is 0.307 e. The number of hydrogen-bond donors (Lipinski definition) is 2. The van der Waals surface area contributed by atoms with Crippen molar-refractivity contribution in [3.63, 3.8) is 0 Å². The lowest BCUT2D eigenvalue weighted by atomic mass is 10.1. The second-order valence-electron chi connectivity index (χ2n) is 4.67. The molecule has 3 nitrogen and oxygen atoms in total. The summed E-state index contributed by atoms with van der Waals surface area (Å²) in [6, 6.07) is 13.8. The lowest BCUT2D eigenvalue weighted by Crippen LogP contribution is -2.04. The van der Waals surface area contributed by atoms with Crippen molar-refractivity contribution in [2.45, 2.75) is 20.3 Å². The van der Waals surface area contributed by atoms with E-state index in [4.69, 9.17) is 5.11 Å². The third-order valence-electron chi connectivity index (χ3n) is 3.02. The smallest absolute Gasteiger partial charge is 0.307 e. The Labute approximate surface area is 112 Å². The fraction of sp³-hybridized carbons (Fsp3) is 0.188. The molecule has 0 aromatic heterocycles. The molecule has 2 aromatic carbocycles. The summed E-state index contributed by atoms with van der Waals surface area (Å²) in [6.07, 6.45) is 0.0237. The molecule has 19 heavy (non-hydrogen) atoms. The molecule has 2 aromatic rings. The van der Waals surface area contributed by atoms with Crippen LogP contribution in [0, 0.1) is 13.8 Å². The number of para-hydroxylation sites is 1. The number of aliphatic carboxylic acids is 1. The van der Waals surface area contributed by atoms with Crippen molar-refractivity contribution in [1.82, 2.24) is 0 Å². The molecule has 0 aliphatic rings. The minimum Gasteiger partial charge on any atom is -0.481 e. The van der Waals surface area contributed by atoms with Crippen LogP contribution in [0.25, 0.3) is 0 Å². The van der Waals surface area contributed by atoms with E-state index in [0.717, 1.165) is 28.1 Å². The summed E-state index contributed by atoms with van der Waals surface area (Å²) in [6.45, 7) is 3.98. The highest BCUT2D eigenvalue weighted by molar-refractivity contribution is 5.75. The maximum atomic E-state index is 10.9. The van der Waals surface area contributed by atoms with E-state index in [-0.39, 0.29) is 6.42 Å². The highest BCUT2D eigenvalue weighted by Gasteiger charge is 2.08. The molecule has 2 N–H and O–H groups in total. The van der Waals surface area contributed by atoms with Crippen LogP contribution in [0.2, 0.25) is 0 Å². The van der Waals surface area contributed by atoms with Gasteiger partial charge in [-0.05, 0) is 37.1 Å². The maximum absolute atomic E-state index is 10.9. The Morgan fingerprint density at radius 2 is 1.84 bits per heavy atom. The van der Waals surface area contributed by atoms with Gasteiger partial charge >= 0.3 is 5.97 Å². The fourth-order valence-corrected chi connectivity index (χ4v) is 2.01. The van der Waals surface area contributed by atoms with Gasteiger partial charge in [0.05, 0.1) is 6.42 Å². The van der Waals surface area contributed by atoms with Crippen LogP contribution in [0.5, 0.6) is 0 Å². The topological polar surface area (TPSA) is 49.3 Å². The van der Waals surface area contributed by atoms with E-state index in [0.29, 0.717) is 0 Å². The Kier molecular flexibility index (Phi) is 3.85. The van der Waals surface area contributed by atoms with Crippen LogP contribution in [-0.4, -0.2) is 11.1 Å². The first-order valence-electron chi connectivity index (χ1n) is 6.20. The summed E-state index contributed by atoms with van der Waals surface area (Å²) in [4.78, 5) is 10.9. The Balaban J connectivity index is 2.34. The van der Waals surface area contributed by atoms with Crippen LogP contribution in [0.1, 0.15) is 16.7 Å². The average Bonchev–Trinajstić information content (AvgIpc) is 2.34. The predicted molar refractivity (Wildman–Crippen MR) is 77.0 cm³/mol. The summed E-state index contributed by atoms with van der Waals surface area (Å²) in [7, 11) is 0. The van der Waals surface area contributed by atoms with E-state index in [2.05, 4.69) is 5.32 Å². The molecule has 0 bridgehead atoms. The minimum atomic E-state index is -0.821. The monoisotopic (exact) mass is 255 g/mol. The number of carboxylic acids is 1.